The Morgan fingerprint density at radius 3 is 2.75 bits per heavy atom. The number of hydrogen-bond donors (Lipinski definition) is 0. The zero-order valence-corrected chi connectivity index (χ0v) is 12.2. The van der Waals surface area contributed by atoms with Crippen LogP contribution in [-0.4, -0.2) is 22.2 Å². The van der Waals surface area contributed by atoms with E-state index in [2.05, 4.69) is 5.10 Å². The van der Waals surface area contributed by atoms with E-state index in [4.69, 9.17) is 4.74 Å². The van der Waals surface area contributed by atoms with Crippen LogP contribution < -0.4 is 4.74 Å². The van der Waals surface area contributed by atoms with Crippen molar-refractivity contribution in [2.75, 3.05) is 6.61 Å². The van der Waals surface area contributed by atoms with Crippen molar-refractivity contribution in [3.63, 3.8) is 0 Å². The van der Waals surface area contributed by atoms with Gasteiger partial charge in [-0.2, -0.15) is 5.10 Å². The normalized spacial score (nSPS) is 10.6. The van der Waals surface area contributed by atoms with Crippen LogP contribution in [0.3, 0.4) is 0 Å². The van der Waals surface area contributed by atoms with Gasteiger partial charge in [-0.15, -0.1) is 0 Å². The van der Waals surface area contributed by atoms with Crippen LogP contribution in [0.4, 0.5) is 0 Å². The molecule has 0 unspecified atom stereocenters. The molecule has 1 heterocycles. The monoisotopic (exact) mass is 272 g/mol. The van der Waals surface area contributed by atoms with Crippen molar-refractivity contribution in [2.45, 2.75) is 33.7 Å². The Balaban J connectivity index is 2.23. The van der Waals surface area contributed by atoms with Crippen LogP contribution in [0.5, 0.6) is 5.75 Å². The number of hydrogen-bond acceptors (Lipinski definition) is 3. The number of carbonyl (C=O) groups is 1. The standard InChI is InChI=1S/C16H20N2O2/c1-4-18-13(10-12(3)17-18)11-15(19)14-8-6-7-9-16(14)20-5-2/h6-10H,4-5,11H2,1-3H3. The lowest BCUT2D eigenvalue weighted by Gasteiger charge is -2.09. The van der Waals surface area contributed by atoms with Crippen LogP contribution in [0.2, 0.25) is 0 Å². The van der Waals surface area contributed by atoms with Crippen LogP contribution in [0.15, 0.2) is 30.3 Å². The quantitative estimate of drug-likeness (QED) is 0.759. The van der Waals surface area contributed by atoms with E-state index in [-0.39, 0.29) is 5.78 Å². The molecule has 0 atom stereocenters. The molecule has 1 aromatic heterocycles. The minimum atomic E-state index is 0.0589. The topological polar surface area (TPSA) is 44.1 Å². The molecular weight excluding hydrogens is 252 g/mol. The first-order chi connectivity index (χ1) is 9.65. The van der Waals surface area contributed by atoms with Crippen molar-refractivity contribution in [3.05, 3.63) is 47.3 Å². The molecule has 0 saturated carbocycles. The predicted molar refractivity (Wildman–Crippen MR) is 78.3 cm³/mol. The van der Waals surface area contributed by atoms with E-state index in [1.807, 2.05) is 55.8 Å². The maximum absolute atomic E-state index is 12.5. The second kappa shape index (κ2) is 6.37. The van der Waals surface area contributed by atoms with E-state index in [0.717, 1.165) is 17.9 Å². The summed E-state index contributed by atoms with van der Waals surface area (Å²) in [5, 5.41) is 4.37. The SMILES string of the molecule is CCOc1ccccc1C(=O)Cc1cc(C)nn1CC. The lowest BCUT2D eigenvalue weighted by molar-refractivity contribution is 0.0987. The highest BCUT2D eigenvalue weighted by Gasteiger charge is 2.15. The number of nitrogens with zero attached hydrogens (tertiary/aromatic N) is 2. The lowest BCUT2D eigenvalue weighted by atomic mass is 10.1. The molecular formula is C16H20N2O2. The van der Waals surface area contributed by atoms with Crippen molar-refractivity contribution < 1.29 is 9.53 Å². The number of carbonyl (C=O) groups excluding carboxylic acids is 1. The molecule has 0 amide bonds. The fourth-order valence-corrected chi connectivity index (χ4v) is 2.25. The number of aryl methyl sites for hydroxylation is 2. The first kappa shape index (κ1) is 14.3. The van der Waals surface area contributed by atoms with Gasteiger partial charge < -0.3 is 4.74 Å². The van der Waals surface area contributed by atoms with E-state index >= 15 is 0 Å². The number of ketones is 1. The zero-order chi connectivity index (χ0) is 14.5. The third-order valence-corrected chi connectivity index (χ3v) is 3.11. The first-order valence-electron chi connectivity index (χ1n) is 6.94. The number of Topliss-reactive ketones (excluding diaryl/α,β-unsaturated/α-hetero) is 1. The van der Waals surface area contributed by atoms with Gasteiger partial charge in [-0.25, -0.2) is 0 Å². The van der Waals surface area contributed by atoms with Crippen molar-refractivity contribution in [1.29, 1.82) is 0 Å². The molecule has 4 nitrogen and oxygen atoms in total. The van der Waals surface area contributed by atoms with Gasteiger partial charge >= 0.3 is 0 Å². The Bertz CT molecular complexity index is 602. The fraction of sp³-hybridized carbons (Fsp3) is 0.375. The Morgan fingerprint density at radius 2 is 2.05 bits per heavy atom. The molecule has 0 aliphatic heterocycles. The van der Waals surface area contributed by atoms with Crippen molar-refractivity contribution in [2.24, 2.45) is 0 Å². The minimum Gasteiger partial charge on any atom is -0.493 e. The number of para-hydroxylation sites is 1. The molecule has 0 bridgehead atoms. The smallest absolute Gasteiger partial charge is 0.172 e. The van der Waals surface area contributed by atoms with Crippen LogP contribution in [-0.2, 0) is 13.0 Å². The average molecular weight is 272 g/mol. The van der Waals surface area contributed by atoms with Gasteiger partial charge in [-0.05, 0) is 39.0 Å². The van der Waals surface area contributed by atoms with Crippen LogP contribution >= 0.6 is 0 Å². The molecule has 0 radical (unpaired) electrons. The van der Waals surface area contributed by atoms with Gasteiger partial charge in [0.25, 0.3) is 0 Å². The van der Waals surface area contributed by atoms with Gasteiger partial charge in [0.2, 0.25) is 0 Å². The summed E-state index contributed by atoms with van der Waals surface area (Å²) in [5.74, 6) is 0.711. The van der Waals surface area contributed by atoms with E-state index in [9.17, 15) is 4.79 Å². The van der Waals surface area contributed by atoms with Crippen molar-refractivity contribution in [1.82, 2.24) is 9.78 Å². The Morgan fingerprint density at radius 1 is 1.30 bits per heavy atom. The summed E-state index contributed by atoms with van der Waals surface area (Å²) >= 11 is 0. The molecule has 20 heavy (non-hydrogen) atoms. The maximum Gasteiger partial charge on any atom is 0.172 e. The first-order valence-corrected chi connectivity index (χ1v) is 6.94. The van der Waals surface area contributed by atoms with Gasteiger partial charge in [0, 0.05) is 12.2 Å². The third-order valence-electron chi connectivity index (χ3n) is 3.11. The highest BCUT2D eigenvalue weighted by molar-refractivity contribution is 5.99. The van der Waals surface area contributed by atoms with E-state index in [1.54, 1.807) is 0 Å². The summed E-state index contributed by atoms with van der Waals surface area (Å²) in [6.45, 7) is 7.19. The van der Waals surface area contributed by atoms with Crippen molar-refractivity contribution >= 4 is 5.78 Å². The van der Waals surface area contributed by atoms with Crippen molar-refractivity contribution in [3.8, 4) is 5.75 Å². The predicted octanol–water partition coefficient (Wildman–Crippen LogP) is 3.04. The van der Waals surface area contributed by atoms with Gasteiger partial charge in [0.15, 0.2) is 5.78 Å². The fourth-order valence-electron chi connectivity index (χ4n) is 2.25. The van der Waals surface area contributed by atoms with Crippen LogP contribution in [0, 0.1) is 6.92 Å². The number of ether oxygens (including phenoxy) is 1. The molecule has 0 fully saturated rings. The summed E-state index contributed by atoms with van der Waals surface area (Å²) in [5.41, 5.74) is 2.52. The van der Waals surface area contributed by atoms with Crippen LogP contribution in [0.25, 0.3) is 0 Å². The molecule has 4 heteroatoms. The van der Waals surface area contributed by atoms with Gasteiger partial charge in [0.1, 0.15) is 5.75 Å². The molecule has 106 valence electrons. The van der Waals surface area contributed by atoms with Gasteiger partial charge in [-0.1, -0.05) is 12.1 Å². The molecule has 0 saturated heterocycles. The summed E-state index contributed by atoms with van der Waals surface area (Å²) < 4.78 is 7.39. The van der Waals surface area contributed by atoms with Gasteiger partial charge in [-0.3, -0.25) is 9.48 Å². The Labute approximate surface area is 119 Å². The maximum atomic E-state index is 12.5. The second-order valence-corrected chi connectivity index (χ2v) is 4.62. The van der Waals surface area contributed by atoms with Crippen LogP contribution in [0.1, 0.15) is 35.6 Å². The molecule has 0 N–H and O–H groups in total. The lowest BCUT2D eigenvalue weighted by Crippen LogP contribution is -2.11. The molecule has 2 aromatic rings. The zero-order valence-electron chi connectivity index (χ0n) is 12.2. The highest BCUT2D eigenvalue weighted by Crippen LogP contribution is 2.20. The van der Waals surface area contributed by atoms with Gasteiger partial charge in [0.05, 0.1) is 24.3 Å². The molecule has 2 rings (SSSR count). The largest absolute Gasteiger partial charge is 0.493 e. The number of benzene rings is 1. The average Bonchev–Trinajstić information content (AvgIpc) is 2.79. The third kappa shape index (κ3) is 3.07. The van der Waals surface area contributed by atoms with E-state index in [1.165, 1.54) is 0 Å². The number of aromatic nitrogens is 2. The summed E-state index contributed by atoms with van der Waals surface area (Å²) in [6.07, 6.45) is 0.346. The van der Waals surface area contributed by atoms with E-state index in [0.29, 0.717) is 24.3 Å². The highest BCUT2D eigenvalue weighted by atomic mass is 16.5. The summed E-state index contributed by atoms with van der Waals surface area (Å²) in [7, 11) is 0. The number of rotatable bonds is 6. The molecule has 0 spiro atoms. The summed E-state index contributed by atoms with van der Waals surface area (Å²) in [6, 6.07) is 9.34. The minimum absolute atomic E-state index is 0.0589. The molecule has 0 aliphatic rings. The Kier molecular flexibility index (Phi) is 4.56. The Hall–Kier alpha value is -2.10. The second-order valence-electron chi connectivity index (χ2n) is 4.62. The van der Waals surface area contributed by atoms with E-state index < -0.39 is 0 Å². The molecule has 1 aromatic carbocycles. The molecule has 0 aliphatic carbocycles. The summed E-state index contributed by atoms with van der Waals surface area (Å²) in [4.78, 5) is 12.5.